The maximum absolute atomic E-state index is 13.5. The summed E-state index contributed by atoms with van der Waals surface area (Å²) in [5, 5.41) is 2.88. The quantitative estimate of drug-likeness (QED) is 0.600. The molecule has 0 aliphatic rings. The first-order chi connectivity index (χ1) is 14.5. The van der Waals surface area contributed by atoms with Crippen molar-refractivity contribution in [1.82, 2.24) is 5.32 Å². The zero-order valence-electron chi connectivity index (χ0n) is 17.0. The third-order valence-corrected chi connectivity index (χ3v) is 5.29. The van der Waals surface area contributed by atoms with Crippen molar-refractivity contribution in [3.8, 4) is 0 Å². The predicted molar refractivity (Wildman–Crippen MR) is 121 cm³/mol. The summed E-state index contributed by atoms with van der Waals surface area (Å²) in [5.74, 6) is -0.832. The fraction of sp³-hybridized carbons (Fsp3) is 0.154. The van der Waals surface area contributed by atoms with Gasteiger partial charge in [0.05, 0.1) is 5.41 Å². The highest BCUT2D eigenvalue weighted by atomic mass is 16.2. The molecule has 0 bridgehead atoms. The first kappa shape index (κ1) is 21.1. The lowest BCUT2D eigenvalue weighted by atomic mass is 9.75. The summed E-state index contributed by atoms with van der Waals surface area (Å²) in [6.07, 6.45) is 4.08. The maximum Gasteiger partial charge on any atom is 0.240 e. The molecule has 152 valence electrons. The van der Waals surface area contributed by atoms with Crippen molar-refractivity contribution in [1.29, 1.82) is 0 Å². The van der Waals surface area contributed by atoms with E-state index in [-0.39, 0.29) is 5.91 Å². The third-order valence-electron chi connectivity index (χ3n) is 5.29. The topological polar surface area (TPSA) is 72.2 Å². The van der Waals surface area contributed by atoms with Crippen molar-refractivity contribution in [3.63, 3.8) is 0 Å². The van der Waals surface area contributed by atoms with E-state index in [1.807, 2.05) is 110 Å². The molecule has 0 aromatic heterocycles. The van der Waals surface area contributed by atoms with E-state index >= 15 is 0 Å². The van der Waals surface area contributed by atoms with E-state index in [0.717, 1.165) is 16.7 Å². The van der Waals surface area contributed by atoms with Crippen LogP contribution in [0.1, 0.15) is 30.0 Å². The van der Waals surface area contributed by atoms with Crippen LogP contribution in [-0.2, 0) is 15.0 Å². The summed E-state index contributed by atoms with van der Waals surface area (Å²) in [5.41, 5.74) is 7.35. The Kier molecular flexibility index (Phi) is 6.81. The Morgan fingerprint density at radius 3 is 1.80 bits per heavy atom. The molecule has 3 aromatic carbocycles. The van der Waals surface area contributed by atoms with Crippen LogP contribution in [0.4, 0.5) is 0 Å². The second kappa shape index (κ2) is 9.70. The van der Waals surface area contributed by atoms with Crippen LogP contribution in [0.25, 0.3) is 6.08 Å². The van der Waals surface area contributed by atoms with E-state index in [9.17, 15) is 9.59 Å². The Balaban J connectivity index is 1.84. The molecule has 2 amide bonds. The molecule has 0 radical (unpaired) electrons. The van der Waals surface area contributed by atoms with Gasteiger partial charge in [0.2, 0.25) is 11.8 Å². The van der Waals surface area contributed by atoms with E-state index in [2.05, 4.69) is 5.32 Å². The molecule has 0 spiro atoms. The fourth-order valence-corrected chi connectivity index (χ4v) is 3.42. The van der Waals surface area contributed by atoms with Crippen LogP contribution in [-0.4, -0.2) is 17.9 Å². The number of nitrogens with two attached hydrogens (primary N) is 1. The van der Waals surface area contributed by atoms with Crippen LogP contribution >= 0.6 is 0 Å². The standard InChI is InChI=1S/C26H26N2O2/c1-26(21-15-7-3-8-16-21,22-17-9-4-10-18-22)25(30)28-23(24(27)29)19-11-14-20-12-5-2-6-13-20/h2-18,23H,19H2,1H3,(H2,27,29)(H,28,30)/b14-11+/t23-/m1/s1. The number of benzene rings is 3. The van der Waals surface area contributed by atoms with Gasteiger partial charge in [-0.2, -0.15) is 0 Å². The van der Waals surface area contributed by atoms with Gasteiger partial charge in [-0.15, -0.1) is 0 Å². The van der Waals surface area contributed by atoms with Gasteiger partial charge < -0.3 is 11.1 Å². The van der Waals surface area contributed by atoms with Gasteiger partial charge in [0, 0.05) is 0 Å². The zero-order valence-corrected chi connectivity index (χ0v) is 17.0. The normalized spacial score (nSPS) is 12.4. The second-order valence-corrected chi connectivity index (χ2v) is 7.33. The summed E-state index contributed by atoms with van der Waals surface area (Å²) < 4.78 is 0. The van der Waals surface area contributed by atoms with Crippen molar-refractivity contribution < 1.29 is 9.59 Å². The average Bonchev–Trinajstić information content (AvgIpc) is 2.79. The van der Waals surface area contributed by atoms with Crippen molar-refractivity contribution in [2.75, 3.05) is 0 Å². The number of nitrogens with one attached hydrogen (secondary N) is 1. The predicted octanol–water partition coefficient (Wildman–Crippen LogP) is 4.07. The number of carbonyl (C=O) groups is 2. The van der Waals surface area contributed by atoms with Gasteiger partial charge in [0.1, 0.15) is 6.04 Å². The highest BCUT2D eigenvalue weighted by Gasteiger charge is 2.38. The van der Waals surface area contributed by atoms with Crippen molar-refractivity contribution in [2.24, 2.45) is 5.73 Å². The Morgan fingerprint density at radius 2 is 1.33 bits per heavy atom. The summed E-state index contributed by atoms with van der Waals surface area (Å²) in [6.45, 7) is 1.87. The van der Waals surface area contributed by atoms with E-state index in [1.165, 1.54) is 0 Å². The molecule has 3 N–H and O–H groups in total. The van der Waals surface area contributed by atoms with Gasteiger partial charge in [-0.25, -0.2) is 0 Å². The van der Waals surface area contributed by atoms with Crippen molar-refractivity contribution >= 4 is 17.9 Å². The molecule has 0 fully saturated rings. The highest BCUT2D eigenvalue weighted by Crippen LogP contribution is 2.32. The third kappa shape index (κ3) is 4.84. The first-order valence-corrected chi connectivity index (χ1v) is 9.94. The van der Waals surface area contributed by atoms with Gasteiger partial charge in [0.25, 0.3) is 0 Å². The number of hydrogen-bond acceptors (Lipinski definition) is 2. The second-order valence-electron chi connectivity index (χ2n) is 7.33. The molecule has 0 unspecified atom stereocenters. The number of hydrogen-bond donors (Lipinski definition) is 2. The van der Waals surface area contributed by atoms with Gasteiger partial charge in [-0.1, -0.05) is 103 Å². The van der Waals surface area contributed by atoms with Crippen LogP contribution in [0, 0.1) is 0 Å². The molecule has 4 heteroatoms. The molecule has 3 rings (SSSR count). The first-order valence-electron chi connectivity index (χ1n) is 9.94. The number of rotatable bonds is 8. The molecule has 0 aliphatic carbocycles. The largest absolute Gasteiger partial charge is 0.368 e. The summed E-state index contributed by atoms with van der Waals surface area (Å²) in [4.78, 5) is 25.5. The molecule has 4 nitrogen and oxygen atoms in total. The van der Waals surface area contributed by atoms with Crippen LogP contribution in [0.5, 0.6) is 0 Å². The fourth-order valence-electron chi connectivity index (χ4n) is 3.42. The Morgan fingerprint density at radius 1 is 0.867 bits per heavy atom. The number of amides is 2. The Bertz CT molecular complexity index is 959. The zero-order chi connectivity index (χ0) is 21.4. The monoisotopic (exact) mass is 398 g/mol. The van der Waals surface area contributed by atoms with E-state index < -0.39 is 17.4 Å². The van der Waals surface area contributed by atoms with Gasteiger partial charge in [0.15, 0.2) is 0 Å². The Hall–Kier alpha value is -3.66. The Labute approximate surface area is 177 Å². The van der Waals surface area contributed by atoms with Crippen LogP contribution in [0.3, 0.4) is 0 Å². The van der Waals surface area contributed by atoms with Crippen LogP contribution in [0.2, 0.25) is 0 Å². The lowest BCUT2D eigenvalue weighted by Crippen LogP contribution is -2.51. The minimum atomic E-state index is -0.959. The van der Waals surface area contributed by atoms with E-state index in [1.54, 1.807) is 0 Å². The number of primary amides is 1. The highest BCUT2D eigenvalue weighted by molar-refractivity contribution is 5.95. The molecule has 0 saturated heterocycles. The molecule has 0 saturated carbocycles. The lowest BCUT2D eigenvalue weighted by Gasteiger charge is -2.31. The van der Waals surface area contributed by atoms with Crippen LogP contribution < -0.4 is 11.1 Å². The summed E-state index contributed by atoms with van der Waals surface area (Å²) in [7, 11) is 0. The molecular weight excluding hydrogens is 372 g/mol. The summed E-state index contributed by atoms with van der Waals surface area (Å²) in [6, 6.07) is 28.1. The molecule has 3 aromatic rings. The molecule has 0 aliphatic heterocycles. The van der Waals surface area contributed by atoms with Gasteiger partial charge in [-0.05, 0) is 30.0 Å². The number of carbonyl (C=O) groups excluding carboxylic acids is 2. The van der Waals surface area contributed by atoms with Gasteiger partial charge in [-0.3, -0.25) is 9.59 Å². The van der Waals surface area contributed by atoms with Crippen molar-refractivity contribution in [2.45, 2.75) is 24.8 Å². The smallest absolute Gasteiger partial charge is 0.240 e. The van der Waals surface area contributed by atoms with Crippen LogP contribution in [0.15, 0.2) is 97.1 Å². The molecule has 30 heavy (non-hydrogen) atoms. The molecule has 1 atom stereocenters. The molecular formula is C26H26N2O2. The van der Waals surface area contributed by atoms with E-state index in [0.29, 0.717) is 6.42 Å². The van der Waals surface area contributed by atoms with Crippen molar-refractivity contribution in [3.05, 3.63) is 114 Å². The summed E-state index contributed by atoms with van der Waals surface area (Å²) >= 11 is 0. The SMILES string of the molecule is CC(C(=O)N[C@H](C/C=C/c1ccccc1)C(N)=O)(c1ccccc1)c1ccccc1. The van der Waals surface area contributed by atoms with E-state index in [4.69, 9.17) is 5.73 Å². The minimum Gasteiger partial charge on any atom is -0.368 e. The lowest BCUT2D eigenvalue weighted by molar-refractivity contribution is -0.129. The maximum atomic E-state index is 13.5. The average molecular weight is 399 g/mol. The molecule has 0 heterocycles. The minimum absolute atomic E-state index is 0.267. The van der Waals surface area contributed by atoms with Gasteiger partial charge >= 0.3 is 0 Å².